The van der Waals surface area contributed by atoms with Crippen LogP contribution in [-0.2, 0) is 9.47 Å². The van der Waals surface area contributed by atoms with Crippen molar-refractivity contribution in [2.24, 2.45) is 11.3 Å². The number of rotatable bonds is 4. The summed E-state index contributed by atoms with van der Waals surface area (Å²) in [5.41, 5.74) is 1.70. The molecular formula is C17H23NO3. The van der Waals surface area contributed by atoms with Crippen LogP contribution in [0.25, 0.3) is 0 Å². The van der Waals surface area contributed by atoms with Crippen LogP contribution in [0, 0.1) is 11.3 Å². The maximum Gasteiger partial charge on any atom is 0.338 e. The Morgan fingerprint density at radius 1 is 1.48 bits per heavy atom. The van der Waals surface area contributed by atoms with Gasteiger partial charge in [0.15, 0.2) is 0 Å². The zero-order valence-electron chi connectivity index (χ0n) is 12.9. The number of hydrogen-bond donors (Lipinski definition) is 1. The first-order valence-electron chi connectivity index (χ1n) is 7.69. The van der Waals surface area contributed by atoms with Gasteiger partial charge in [0, 0.05) is 29.7 Å². The molecule has 21 heavy (non-hydrogen) atoms. The summed E-state index contributed by atoms with van der Waals surface area (Å²) in [6, 6.07) is 7.95. The minimum atomic E-state index is -0.268. The van der Waals surface area contributed by atoms with Gasteiger partial charge in [-0.1, -0.05) is 19.9 Å². The number of esters is 1. The van der Waals surface area contributed by atoms with Gasteiger partial charge in [-0.15, -0.1) is 0 Å². The molecule has 1 heterocycles. The number of carbonyl (C=O) groups is 1. The van der Waals surface area contributed by atoms with Gasteiger partial charge in [-0.2, -0.15) is 0 Å². The molecule has 0 aromatic heterocycles. The molecule has 1 aromatic rings. The fourth-order valence-corrected chi connectivity index (χ4v) is 3.75. The molecule has 1 saturated heterocycles. The lowest BCUT2D eigenvalue weighted by molar-refractivity contribution is -0.0923. The lowest BCUT2D eigenvalue weighted by atomic mass is 9.57. The van der Waals surface area contributed by atoms with E-state index in [1.54, 1.807) is 6.07 Å². The van der Waals surface area contributed by atoms with E-state index in [2.05, 4.69) is 19.2 Å². The maximum absolute atomic E-state index is 11.8. The molecule has 1 aliphatic heterocycles. The summed E-state index contributed by atoms with van der Waals surface area (Å²) in [5, 5.41) is 3.59. The molecule has 1 aliphatic carbocycles. The molecule has 3 rings (SSSR count). The van der Waals surface area contributed by atoms with Gasteiger partial charge < -0.3 is 14.8 Å². The van der Waals surface area contributed by atoms with Crippen molar-refractivity contribution in [3.63, 3.8) is 0 Å². The number of hydrogen-bond acceptors (Lipinski definition) is 4. The standard InChI is InChI=1S/C17H23NO3/c1-4-20-16(19)11-6-5-7-12(10-11)18-14-13-8-9-21-15(13)17(14,2)3/h5-7,10,13-15,18H,4,8-9H2,1-3H3. The Balaban J connectivity index is 1.73. The first kappa shape index (κ1) is 14.4. The fourth-order valence-electron chi connectivity index (χ4n) is 3.75. The predicted octanol–water partition coefficient (Wildman–Crippen LogP) is 3.09. The molecule has 4 heteroatoms. The zero-order chi connectivity index (χ0) is 15.0. The summed E-state index contributed by atoms with van der Waals surface area (Å²) in [5.74, 6) is 0.308. The smallest absolute Gasteiger partial charge is 0.338 e. The Hall–Kier alpha value is -1.55. The topological polar surface area (TPSA) is 47.6 Å². The van der Waals surface area contributed by atoms with Crippen LogP contribution in [0.15, 0.2) is 24.3 Å². The Kier molecular flexibility index (Phi) is 3.66. The van der Waals surface area contributed by atoms with Gasteiger partial charge in [0.2, 0.25) is 0 Å². The number of carbonyl (C=O) groups excluding carboxylic acids is 1. The minimum absolute atomic E-state index is 0.126. The monoisotopic (exact) mass is 289 g/mol. The Bertz CT molecular complexity index is 541. The molecule has 3 unspecified atom stereocenters. The summed E-state index contributed by atoms with van der Waals surface area (Å²) in [6.07, 6.45) is 1.48. The van der Waals surface area contributed by atoms with Crippen molar-refractivity contribution < 1.29 is 14.3 Å². The van der Waals surface area contributed by atoms with Gasteiger partial charge >= 0.3 is 5.97 Å². The molecule has 1 N–H and O–H groups in total. The second kappa shape index (κ2) is 5.34. The lowest BCUT2D eigenvalue weighted by Crippen LogP contribution is -2.63. The Morgan fingerprint density at radius 3 is 3.05 bits per heavy atom. The highest BCUT2D eigenvalue weighted by Crippen LogP contribution is 2.53. The van der Waals surface area contributed by atoms with Gasteiger partial charge in [0.25, 0.3) is 0 Å². The van der Waals surface area contributed by atoms with Crippen LogP contribution in [0.2, 0.25) is 0 Å². The third-order valence-electron chi connectivity index (χ3n) is 4.80. The van der Waals surface area contributed by atoms with Crippen LogP contribution in [0.4, 0.5) is 5.69 Å². The average Bonchev–Trinajstić information content (AvgIpc) is 2.92. The molecule has 2 aliphatic rings. The fraction of sp³-hybridized carbons (Fsp3) is 0.588. The first-order chi connectivity index (χ1) is 10.0. The number of ether oxygens (including phenoxy) is 2. The normalized spacial score (nSPS) is 29.4. The Labute approximate surface area is 125 Å². The second-order valence-corrected chi connectivity index (χ2v) is 6.49. The molecule has 0 radical (unpaired) electrons. The highest BCUT2D eigenvalue weighted by molar-refractivity contribution is 5.90. The van der Waals surface area contributed by atoms with E-state index in [-0.39, 0.29) is 11.4 Å². The van der Waals surface area contributed by atoms with Crippen molar-refractivity contribution >= 4 is 11.7 Å². The average molecular weight is 289 g/mol. The number of benzene rings is 1. The molecule has 1 saturated carbocycles. The van der Waals surface area contributed by atoms with Gasteiger partial charge in [-0.25, -0.2) is 4.79 Å². The van der Waals surface area contributed by atoms with Crippen LogP contribution in [0.1, 0.15) is 37.6 Å². The summed E-state index contributed by atoms with van der Waals surface area (Å²) in [7, 11) is 0. The molecule has 0 amide bonds. The van der Waals surface area contributed by atoms with Crippen LogP contribution >= 0.6 is 0 Å². The molecule has 2 fully saturated rings. The summed E-state index contributed by atoms with van der Waals surface area (Å²) in [6.45, 7) is 7.56. The van der Waals surface area contributed by atoms with E-state index in [9.17, 15) is 4.79 Å². The number of anilines is 1. The van der Waals surface area contributed by atoms with Crippen molar-refractivity contribution in [3.8, 4) is 0 Å². The second-order valence-electron chi connectivity index (χ2n) is 6.49. The SMILES string of the molecule is CCOC(=O)c1cccc(NC2C3CCOC3C2(C)C)c1. The molecule has 0 bridgehead atoms. The quantitative estimate of drug-likeness (QED) is 0.865. The van der Waals surface area contributed by atoms with Gasteiger partial charge in [-0.3, -0.25) is 0 Å². The van der Waals surface area contributed by atoms with Crippen molar-refractivity contribution in [3.05, 3.63) is 29.8 Å². The molecule has 3 atom stereocenters. The third kappa shape index (κ3) is 2.42. The van der Waals surface area contributed by atoms with Crippen LogP contribution in [-0.4, -0.2) is 31.3 Å². The van der Waals surface area contributed by atoms with Crippen molar-refractivity contribution in [2.45, 2.75) is 39.3 Å². The van der Waals surface area contributed by atoms with E-state index in [1.165, 1.54) is 0 Å². The predicted molar refractivity (Wildman–Crippen MR) is 81.4 cm³/mol. The van der Waals surface area contributed by atoms with E-state index in [4.69, 9.17) is 9.47 Å². The van der Waals surface area contributed by atoms with Gasteiger partial charge in [0.1, 0.15) is 0 Å². The van der Waals surface area contributed by atoms with Crippen LogP contribution < -0.4 is 5.32 Å². The summed E-state index contributed by atoms with van der Waals surface area (Å²) < 4.78 is 10.9. The highest BCUT2D eigenvalue weighted by atomic mass is 16.5. The third-order valence-corrected chi connectivity index (χ3v) is 4.80. The van der Waals surface area contributed by atoms with Gasteiger partial charge in [0.05, 0.1) is 18.3 Å². The molecular weight excluding hydrogens is 266 g/mol. The Morgan fingerprint density at radius 2 is 2.29 bits per heavy atom. The van der Waals surface area contributed by atoms with Crippen molar-refractivity contribution in [2.75, 3.05) is 18.5 Å². The van der Waals surface area contributed by atoms with Crippen LogP contribution in [0.3, 0.4) is 0 Å². The minimum Gasteiger partial charge on any atom is -0.462 e. The van der Waals surface area contributed by atoms with Crippen LogP contribution in [0.5, 0.6) is 0 Å². The summed E-state index contributed by atoms with van der Waals surface area (Å²) >= 11 is 0. The maximum atomic E-state index is 11.8. The van der Waals surface area contributed by atoms with E-state index in [0.717, 1.165) is 18.7 Å². The number of fused-ring (bicyclic) bond motifs is 1. The van der Waals surface area contributed by atoms with Crippen molar-refractivity contribution in [1.29, 1.82) is 0 Å². The zero-order valence-corrected chi connectivity index (χ0v) is 12.9. The van der Waals surface area contributed by atoms with E-state index in [0.29, 0.717) is 30.2 Å². The highest BCUT2D eigenvalue weighted by Gasteiger charge is 2.59. The van der Waals surface area contributed by atoms with E-state index >= 15 is 0 Å². The number of nitrogens with one attached hydrogen (secondary N) is 1. The molecule has 0 spiro atoms. The first-order valence-corrected chi connectivity index (χ1v) is 7.69. The molecule has 1 aromatic carbocycles. The largest absolute Gasteiger partial charge is 0.462 e. The molecule has 4 nitrogen and oxygen atoms in total. The van der Waals surface area contributed by atoms with Crippen molar-refractivity contribution in [1.82, 2.24) is 0 Å². The van der Waals surface area contributed by atoms with E-state index < -0.39 is 0 Å². The van der Waals surface area contributed by atoms with Gasteiger partial charge in [-0.05, 0) is 31.5 Å². The summed E-state index contributed by atoms with van der Waals surface area (Å²) in [4.78, 5) is 11.8. The van der Waals surface area contributed by atoms with E-state index in [1.807, 2.05) is 25.1 Å². The lowest BCUT2D eigenvalue weighted by Gasteiger charge is -2.55. The molecule has 114 valence electrons.